The normalized spacial score (nSPS) is 14.9. The number of hydrazine groups is 1. The molecule has 1 aromatic rings. The molecule has 0 bridgehead atoms. The van der Waals surface area contributed by atoms with E-state index in [4.69, 9.17) is 4.74 Å². The summed E-state index contributed by atoms with van der Waals surface area (Å²) in [6.45, 7) is 9.34. The zero-order valence-electron chi connectivity index (χ0n) is 14.4. The Balaban J connectivity index is 1.80. The Bertz CT molecular complexity index is 537. The molecule has 0 spiro atoms. The maximum absolute atomic E-state index is 12.1. The van der Waals surface area contributed by atoms with Gasteiger partial charge in [0.15, 0.2) is 6.54 Å². The van der Waals surface area contributed by atoms with Crippen molar-refractivity contribution in [1.82, 2.24) is 10.9 Å². The van der Waals surface area contributed by atoms with Crippen molar-refractivity contribution < 1.29 is 19.2 Å². The molecule has 0 aliphatic carbocycles. The second-order valence-electron chi connectivity index (χ2n) is 5.76. The number of amides is 2. The molecule has 3 N–H and O–H groups in total. The number of morpholine rings is 1. The van der Waals surface area contributed by atoms with Crippen LogP contribution in [0.4, 0.5) is 5.69 Å². The largest absolute Gasteiger partial charge is 0.372 e. The quantitative estimate of drug-likeness (QED) is 0.596. The molecule has 1 aliphatic rings. The number of carbonyl (C=O) groups is 2. The molecule has 132 valence electrons. The van der Waals surface area contributed by atoms with Crippen LogP contribution in [-0.4, -0.2) is 57.8 Å². The van der Waals surface area contributed by atoms with E-state index in [0.29, 0.717) is 25.3 Å². The summed E-state index contributed by atoms with van der Waals surface area (Å²) in [6.07, 6.45) is 0. The first-order valence-electron chi connectivity index (χ1n) is 8.49. The van der Waals surface area contributed by atoms with Crippen molar-refractivity contribution in [3.63, 3.8) is 0 Å². The molecule has 0 aromatic heterocycles. The van der Waals surface area contributed by atoms with E-state index in [2.05, 4.69) is 29.6 Å². The molecular formula is C17H27N4O3+. The van der Waals surface area contributed by atoms with Gasteiger partial charge >= 0.3 is 0 Å². The van der Waals surface area contributed by atoms with Crippen molar-refractivity contribution in [1.29, 1.82) is 0 Å². The highest BCUT2D eigenvalue weighted by atomic mass is 16.5. The lowest BCUT2D eigenvalue weighted by atomic mass is 10.2. The minimum absolute atomic E-state index is 0.194. The van der Waals surface area contributed by atoms with Crippen LogP contribution >= 0.6 is 0 Å². The lowest BCUT2D eigenvalue weighted by Gasteiger charge is -2.23. The van der Waals surface area contributed by atoms with E-state index in [9.17, 15) is 9.59 Å². The average molecular weight is 335 g/mol. The number of ether oxygens (including phenoxy) is 1. The highest BCUT2D eigenvalue weighted by Gasteiger charge is 2.18. The van der Waals surface area contributed by atoms with E-state index >= 15 is 0 Å². The zero-order chi connectivity index (χ0) is 17.4. The third-order valence-electron chi connectivity index (χ3n) is 4.18. The van der Waals surface area contributed by atoms with Crippen molar-refractivity contribution >= 4 is 17.5 Å². The van der Waals surface area contributed by atoms with Crippen LogP contribution in [-0.2, 0) is 9.53 Å². The molecule has 1 saturated heterocycles. The summed E-state index contributed by atoms with van der Waals surface area (Å²) < 4.78 is 5.25. The van der Waals surface area contributed by atoms with Gasteiger partial charge in [-0.1, -0.05) is 0 Å². The third kappa shape index (κ3) is 5.21. The van der Waals surface area contributed by atoms with Crippen LogP contribution in [0.2, 0.25) is 0 Å². The maximum Gasteiger partial charge on any atom is 0.293 e. The minimum atomic E-state index is -0.313. The first-order valence-corrected chi connectivity index (χ1v) is 8.49. The number of rotatable bonds is 6. The SMILES string of the molecule is CCN(CC)c1ccc(C(=O)NNC(=O)C[NH+]2CCOCC2)cc1. The standard InChI is InChI=1S/C17H26N4O3/c1-3-21(4-2)15-7-5-14(6-8-15)17(23)19-18-16(22)13-20-9-11-24-12-10-20/h5-8H,3-4,9-13H2,1-2H3,(H,18,22)(H,19,23)/p+1. The fourth-order valence-electron chi connectivity index (χ4n) is 2.72. The second kappa shape index (κ2) is 9.24. The highest BCUT2D eigenvalue weighted by molar-refractivity contribution is 5.95. The van der Waals surface area contributed by atoms with Crippen LogP contribution in [0.25, 0.3) is 0 Å². The molecule has 1 aliphatic heterocycles. The van der Waals surface area contributed by atoms with Crippen LogP contribution < -0.4 is 20.7 Å². The van der Waals surface area contributed by atoms with E-state index in [0.717, 1.165) is 36.8 Å². The molecule has 2 amide bonds. The first-order chi connectivity index (χ1) is 11.6. The van der Waals surface area contributed by atoms with Crippen molar-refractivity contribution in [3.05, 3.63) is 29.8 Å². The predicted molar refractivity (Wildman–Crippen MR) is 92.0 cm³/mol. The number of nitrogens with one attached hydrogen (secondary N) is 3. The second-order valence-corrected chi connectivity index (χ2v) is 5.76. The smallest absolute Gasteiger partial charge is 0.293 e. The van der Waals surface area contributed by atoms with Gasteiger partial charge in [-0.25, -0.2) is 0 Å². The number of hydrogen-bond donors (Lipinski definition) is 3. The molecule has 0 radical (unpaired) electrons. The first kappa shape index (κ1) is 18.2. The highest BCUT2D eigenvalue weighted by Crippen LogP contribution is 2.14. The topological polar surface area (TPSA) is 75.1 Å². The van der Waals surface area contributed by atoms with Crippen molar-refractivity contribution in [2.45, 2.75) is 13.8 Å². The summed E-state index contributed by atoms with van der Waals surface area (Å²) in [5.74, 6) is -0.508. The molecule has 0 unspecified atom stereocenters. The molecule has 1 heterocycles. The lowest BCUT2D eigenvalue weighted by molar-refractivity contribution is -0.900. The van der Waals surface area contributed by atoms with E-state index in [-0.39, 0.29) is 11.8 Å². The number of carbonyl (C=O) groups excluding carboxylic acids is 2. The fraction of sp³-hybridized carbons (Fsp3) is 0.529. The molecular weight excluding hydrogens is 308 g/mol. The summed E-state index contributed by atoms with van der Waals surface area (Å²) in [5.41, 5.74) is 6.54. The number of nitrogens with zero attached hydrogens (tertiary/aromatic N) is 1. The van der Waals surface area contributed by atoms with Gasteiger partial charge in [-0.15, -0.1) is 0 Å². The van der Waals surface area contributed by atoms with E-state index in [1.165, 1.54) is 0 Å². The average Bonchev–Trinajstić information content (AvgIpc) is 2.62. The Hall–Kier alpha value is -2.12. The lowest BCUT2D eigenvalue weighted by Crippen LogP contribution is -3.15. The molecule has 0 atom stereocenters. The summed E-state index contributed by atoms with van der Waals surface area (Å²) in [6, 6.07) is 7.37. The number of quaternary nitrogens is 1. The Morgan fingerprint density at radius 1 is 1.08 bits per heavy atom. The Labute approximate surface area is 142 Å². The number of hydrogen-bond acceptors (Lipinski definition) is 4. The summed E-state index contributed by atoms with van der Waals surface area (Å²) in [7, 11) is 0. The van der Waals surface area contributed by atoms with E-state index in [1.54, 1.807) is 12.1 Å². The molecule has 2 rings (SSSR count). The Morgan fingerprint density at radius 3 is 2.29 bits per heavy atom. The molecule has 7 nitrogen and oxygen atoms in total. The van der Waals surface area contributed by atoms with Gasteiger partial charge < -0.3 is 14.5 Å². The molecule has 1 fully saturated rings. The van der Waals surface area contributed by atoms with Crippen LogP contribution in [0.5, 0.6) is 0 Å². The van der Waals surface area contributed by atoms with Crippen molar-refractivity contribution in [2.24, 2.45) is 0 Å². The van der Waals surface area contributed by atoms with Crippen LogP contribution in [0.15, 0.2) is 24.3 Å². The van der Waals surface area contributed by atoms with Crippen LogP contribution in [0.3, 0.4) is 0 Å². The Morgan fingerprint density at radius 2 is 1.71 bits per heavy atom. The van der Waals surface area contributed by atoms with Gasteiger partial charge in [-0.3, -0.25) is 20.4 Å². The molecule has 7 heteroatoms. The van der Waals surface area contributed by atoms with Gasteiger partial charge in [0.05, 0.1) is 13.2 Å². The van der Waals surface area contributed by atoms with Crippen LogP contribution in [0, 0.1) is 0 Å². The Kier molecular flexibility index (Phi) is 7.02. The summed E-state index contributed by atoms with van der Waals surface area (Å²) >= 11 is 0. The fourth-order valence-corrected chi connectivity index (χ4v) is 2.72. The van der Waals surface area contributed by atoms with Gasteiger partial charge in [-0.05, 0) is 38.1 Å². The predicted octanol–water partition coefficient (Wildman–Crippen LogP) is -0.791. The minimum Gasteiger partial charge on any atom is -0.372 e. The van der Waals surface area contributed by atoms with Gasteiger partial charge in [0.25, 0.3) is 11.8 Å². The zero-order valence-corrected chi connectivity index (χ0v) is 14.4. The number of anilines is 1. The molecule has 0 saturated carbocycles. The maximum atomic E-state index is 12.1. The van der Waals surface area contributed by atoms with Gasteiger partial charge in [-0.2, -0.15) is 0 Å². The van der Waals surface area contributed by atoms with Gasteiger partial charge in [0, 0.05) is 24.3 Å². The van der Waals surface area contributed by atoms with Crippen molar-refractivity contribution in [2.75, 3.05) is 50.8 Å². The van der Waals surface area contributed by atoms with Crippen molar-refractivity contribution in [3.8, 4) is 0 Å². The van der Waals surface area contributed by atoms with E-state index < -0.39 is 0 Å². The van der Waals surface area contributed by atoms with Crippen LogP contribution in [0.1, 0.15) is 24.2 Å². The van der Waals surface area contributed by atoms with Gasteiger partial charge in [0.1, 0.15) is 13.1 Å². The van der Waals surface area contributed by atoms with Gasteiger partial charge in [0.2, 0.25) is 0 Å². The summed E-state index contributed by atoms with van der Waals surface area (Å²) in [4.78, 5) is 27.3. The number of benzene rings is 1. The molecule has 24 heavy (non-hydrogen) atoms. The monoisotopic (exact) mass is 335 g/mol. The van der Waals surface area contributed by atoms with E-state index in [1.807, 2.05) is 12.1 Å². The third-order valence-corrected chi connectivity index (χ3v) is 4.18. The molecule has 1 aromatic carbocycles. The summed E-state index contributed by atoms with van der Waals surface area (Å²) in [5, 5.41) is 0.